The maximum Gasteiger partial charge on any atom is 0.240 e. The molecule has 0 fully saturated rings. The molecule has 0 heterocycles. The molecule has 0 aliphatic heterocycles. The van der Waals surface area contributed by atoms with Crippen molar-refractivity contribution in [2.45, 2.75) is 6.61 Å². The van der Waals surface area contributed by atoms with Crippen LogP contribution in [0.25, 0.3) is 0 Å². The van der Waals surface area contributed by atoms with Gasteiger partial charge in [-0.05, 0) is 29.8 Å². The highest BCUT2D eigenvalue weighted by Crippen LogP contribution is 2.20. The van der Waals surface area contributed by atoms with Crippen LogP contribution >= 0.6 is 0 Å². The molecule has 4 heteroatoms. The van der Waals surface area contributed by atoms with Crippen LogP contribution in [0, 0.1) is 5.82 Å². The first kappa shape index (κ1) is 12.0. The fourth-order valence-corrected chi connectivity index (χ4v) is 1.44. The number of ether oxygens (including phenoxy) is 1. The molecule has 0 spiro atoms. The molecule has 2 aromatic carbocycles. The molecule has 0 bridgehead atoms. The van der Waals surface area contributed by atoms with Gasteiger partial charge in [0.2, 0.25) is 6.08 Å². The first-order valence-electron chi connectivity index (χ1n) is 5.33. The van der Waals surface area contributed by atoms with Crippen LogP contribution < -0.4 is 4.74 Å². The van der Waals surface area contributed by atoms with E-state index < -0.39 is 0 Å². The van der Waals surface area contributed by atoms with Crippen LogP contribution in [0.4, 0.5) is 10.1 Å². The van der Waals surface area contributed by atoms with Gasteiger partial charge in [-0.1, -0.05) is 18.2 Å². The van der Waals surface area contributed by atoms with Crippen molar-refractivity contribution in [3.05, 3.63) is 59.9 Å². The third-order valence-corrected chi connectivity index (χ3v) is 2.31. The molecule has 18 heavy (non-hydrogen) atoms. The third kappa shape index (κ3) is 3.27. The lowest BCUT2D eigenvalue weighted by molar-refractivity contribution is 0.306. The molecule has 0 radical (unpaired) electrons. The summed E-state index contributed by atoms with van der Waals surface area (Å²) in [6.45, 7) is 0.328. The fraction of sp³-hybridized carbons (Fsp3) is 0.0714. The van der Waals surface area contributed by atoms with Gasteiger partial charge in [0.25, 0.3) is 0 Å². The van der Waals surface area contributed by atoms with E-state index in [4.69, 9.17) is 4.74 Å². The lowest BCUT2D eigenvalue weighted by Gasteiger charge is -2.06. The second-order valence-electron chi connectivity index (χ2n) is 3.62. The van der Waals surface area contributed by atoms with Crippen LogP contribution in [0.2, 0.25) is 0 Å². The fourth-order valence-electron chi connectivity index (χ4n) is 1.44. The molecule has 90 valence electrons. The summed E-state index contributed by atoms with van der Waals surface area (Å²) in [6.07, 6.45) is 1.47. The smallest absolute Gasteiger partial charge is 0.240 e. The van der Waals surface area contributed by atoms with E-state index in [-0.39, 0.29) is 5.82 Å². The summed E-state index contributed by atoms with van der Waals surface area (Å²) in [5.74, 6) is 0.317. The van der Waals surface area contributed by atoms with E-state index in [1.165, 1.54) is 18.2 Å². The van der Waals surface area contributed by atoms with Crippen molar-refractivity contribution < 1.29 is 13.9 Å². The summed E-state index contributed by atoms with van der Waals surface area (Å²) in [6, 6.07) is 12.9. The standard InChI is InChI=1S/C14H10FNO2/c15-12-6-4-11(5-7-12)9-18-14-3-1-2-13(8-14)16-10-17/h1-8H,9H2. The normalized spacial score (nSPS) is 9.61. The molecule has 2 aromatic rings. The van der Waals surface area contributed by atoms with E-state index in [1.54, 1.807) is 36.4 Å². The van der Waals surface area contributed by atoms with Crippen LogP contribution in [0.3, 0.4) is 0 Å². The zero-order valence-corrected chi connectivity index (χ0v) is 9.47. The summed E-state index contributed by atoms with van der Waals surface area (Å²) >= 11 is 0. The molecule has 0 amide bonds. The molecule has 0 saturated carbocycles. The summed E-state index contributed by atoms with van der Waals surface area (Å²) in [5, 5.41) is 0. The Hall–Kier alpha value is -2.45. The Labute approximate surface area is 104 Å². The lowest BCUT2D eigenvalue weighted by Crippen LogP contribution is -1.95. The Bertz CT molecular complexity index is 575. The molecule has 0 aliphatic rings. The number of isocyanates is 1. The Morgan fingerprint density at radius 1 is 1.17 bits per heavy atom. The average Bonchev–Trinajstić information content (AvgIpc) is 2.39. The molecule has 0 unspecified atom stereocenters. The average molecular weight is 243 g/mol. The van der Waals surface area contributed by atoms with E-state index in [0.29, 0.717) is 18.0 Å². The van der Waals surface area contributed by atoms with Crippen LogP contribution in [-0.4, -0.2) is 6.08 Å². The highest BCUT2D eigenvalue weighted by atomic mass is 19.1. The van der Waals surface area contributed by atoms with Crippen LogP contribution in [-0.2, 0) is 11.4 Å². The van der Waals surface area contributed by atoms with Gasteiger partial charge in [-0.15, -0.1) is 0 Å². The summed E-state index contributed by atoms with van der Waals surface area (Å²) < 4.78 is 18.2. The number of benzene rings is 2. The van der Waals surface area contributed by atoms with E-state index in [1.807, 2.05) is 0 Å². The molecule has 0 saturated heterocycles. The van der Waals surface area contributed by atoms with E-state index >= 15 is 0 Å². The molecule has 0 atom stereocenters. The Balaban J connectivity index is 2.03. The van der Waals surface area contributed by atoms with Gasteiger partial charge in [0.1, 0.15) is 18.2 Å². The van der Waals surface area contributed by atoms with Gasteiger partial charge in [-0.2, -0.15) is 4.99 Å². The van der Waals surface area contributed by atoms with Crippen LogP contribution in [0.1, 0.15) is 5.56 Å². The van der Waals surface area contributed by atoms with Crippen molar-refractivity contribution in [1.29, 1.82) is 0 Å². The Morgan fingerprint density at radius 2 is 1.94 bits per heavy atom. The number of hydrogen-bond acceptors (Lipinski definition) is 3. The zero-order chi connectivity index (χ0) is 12.8. The lowest BCUT2D eigenvalue weighted by atomic mass is 10.2. The van der Waals surface area contributed by atoms with Gasteiger partial charge in [-0.25, -0.2) is 9.18 Å². The highest BCUT2D eigenvalue weighted by molar-refractivity contribution is 5.51. The SMILES string of the molecule is O=C=Nc1cccc(OCc2ccc(F)cc2)c1. The van der Waals surface area contributed by atoms with E-state index in [0.717, 1.165) is 5.56 Å². The molecule has 0 aromatic heterocycles. The van der Waals surface area contributed by atoms with Crippen molar-refractivity contribution in [1.82, 2.24) is 0 Å². The van der Waals surface area contributed by atoms with Gasteiger partial charge >= 0.3 is 0 Å². The quantitative estimate of drug-likeness (QED) is 0.610. The number of carbonyl (C=O) groups excluding carboxylic acids is 1. The van der Waals surface area contributed by atoms with Crippen molar-refractivity contribution in [2.75, 3.05) is 0 Å². The molecule has 0 aliphatic carbocycles. The van der Waals surface area contributed by atoms with E-state index in [2.05, 4.69) is 4.99 Å². The molecule has 0 N–H and O–H groups in total. The van der Waals surface area contributed by atoms with Crippen LogP contribution in [0.15, 0.2) is 53.5 Å². The third-order valence-electron chi connectivity index (χ3n) is 2.31. The number of rotatable bonds is 4. The van der Waals surface area contributed by atoms with Crippen molar-refractivity contribution in [3.63, 3.8) is 0 Å². The molecule has 3 nitrogen and oxygen atoms in total. The van der Waals surface area contributed by atoms with Gasteiger partial charge < -0.3 is 4.74 Å². The topological polar surface area (TPSA) is 38.7 Å². The number of nitrogens with zero attached hydrogens (tertiary/aromatic N) is 1. The summed E-state index contributed by atoms with van der Waals surface area (Å²) in [7, 11) is 0. The van der Waals surface area contributed by atoms with Crippen LogP contribution in [0.5, 0.6) is 5.75 Å². The first-order chi connectivity index (χ1) is 8.78. The number of hydrogen-bond donors (Lipinski definition) is 0. The monoisotopic (exact) mass is 243 g/mol. The summed E-state index contributed by atoms with van der Waals surface area (Å²) in [5.41, 5.74) is 1.35. The molecule has 2 rings (SSSR count). The highest BCUT2D eigenvalue weighted by Gasteiger charge is 1.98. The summed E-state index contributed by atoms with van der Waals surface area (Å²) in [4.78, 5) is 13.6. The maximum atomic E-state index is 12.7. The zero-order valence-electron chi connectivity index (χ0n) is 9.47. The van der Waals surface area contributed by atoms with Gasteiger partial charge in [0, 0.05) is 6.07 Å². The predicted octanol–water partition coefficient (Wildman–Crippen LogP) is 3.37. The van der Waals surface area contributed by atoms with Crippen molar-refractivity contribution in [3.8, 4) is 5.75 Å². The van der Waals surface area contributed by atoms with Gasteiger partial charge in [0.15, 0.2) is 0 Å². The minimum absolute atomic E-state index is 0.277. The number of aliphatic imine (C=N–C) groups is 1. The minimum Gasteiger partial charge on any atom is -0.489 e. The second kappa shape index (κ2) is 5.75. The maximum absolute atomic E-state index is 12.7. The van der Waals surface area contributed by atoms with Gasteiger partial charge in [0.05, 0.1) is 5.69 Å². The Kier molecular flexibility index (Phi) is 3.84. The largest absolute Gasteiger partial charge is 0.489 e. The molecular formula is C14H10FNO2. The van der Waals surface area contributed by atoms with Gasteiger partial charge in [-0.3, -0.25) is 0 Å². The first-order valence-corrected chi connectivity index (χ1v) is 5.33. The van der Waals surface area contributed by atoms with Crippen molar-refractivity contribution in [2.24, 2.45) is 4.99 Å². The predicted molar refractivity (Wildman–Crippen MR) is 65.0 cm³/mol. The number of halogens is 1. The van der Waals surface area contributed by atoms with E-state index in [9.17, 15) is 9.18 Å². The van der Waals surface area contributed by atoms with Crippen molar-refractivity contribution >= 4 is 11.8 Å². The minimum atomic E-state index is -0.277. The second-order valence-corrected chi connectivity index (χ2v) is 3.62. The Morgan fingerprint density at radius 3 is 2.67 bits per heavy atom. The molecular weight excluding hydrogens is 233 g/mol.